The van der Waals surface area contributed by atoms with E-state index < -0.39 is 0 Å². The van der Waals surface area contributed by atoms with Crippen molar-refractivity contribution >= 4 is 17.0 Å². The average Bonchev–Trinajstić information content (AvgIpc) is 2.52. The summed E-state index contributed by atoms with van der Waals surface area (Å²) in [5, 5.41) is 0.468. The molecule has 6 heteroatoms. The molecule has 0 radical (unpaired) electrons. The second kappa shape index (κ2) is 5.55. The number of fused-ring (bicyclic) bond motifs is 1. The predicted molar refractivity (Wildman–Crippen MR) is 83.6 cm³/mol. The average molecular weight is 298 g/mol. The first-order valence-electron chi connectivity index (χ1n) is 6.83. The minimum Gasteiger partial charge on any atom is -0.348 e. The molecule has 3 rings (SSSR count). The Balaban J connectivity index is 2.21. The van der Waals surface area contributed by atoms with Crippen LogP contribution in [0, 0.1) is 5.82 Å². The van der Waals surface area contributed by atoms with Gasteiger partial charge in [-0.15, -0.1) is 0 Å². The van der Waals surface area contributed by atoms with Crippen LogP contribution in [0.4, 0.5) is 10.3 Å². The van der Waals surface area contributed by atoms with Crippen LogP contribution in [0.3, 0.4) is 0 Å². The molecule has 5 nitrogen and oxygen atoms in total. The molecule has 0 aliphatic rings. The van der Waals surface area contributed by atoms with Crippen molar-refractivity contribution in [1.82, 2.24) is 14.5 Å². The molecule has 0 saturated carbocycles. The monoisotopic (exact) mass is 298 g/mol. The molecule has 112 valence electrons. The van der Waals surface area contributed by atoms with Gasteiger partial charge in [-0.25, -0.2) is 9.37 Å². The molecule has 2 aromatic heterocycles. The Kier molecular flexibility index (Phi) is 3.58. The van der Waals surface area contributed by atoms with Gasteiger partial charge in [0.05, 0.1) is 11.9 Å². The van der Waals surface area contributed by atoms with Crippen LogP contribution < -0.4 is 10.5 Å². The Hall–Kier alpha value is -2.76. The minimum absolute atomic E-state index is 0.280. The molecule has 0 aliphatic heterocycles. The SMILES string of the molecule is CN(C)c1nc(=O)c2cccnc2n1Cc1ccc(F)cc1. The van der Waals surface area contributed by atoms with Crippen LogP contribution in [0.15, 0.2) is 47.4 Å². The standard InChI is InChI=1S/C16H15FN4O/c1-20(2)16-19-15(22)13-4-3-9-18-14(13)21(16)10-11-5-7-12(17)8-6-11/h3-9H,10H2,1-2H3. The summed E-state index contributed by atoms with van der Waals surface area (Å²) in [4.78, 5) is 22.3. The first-order valence-corrected chi connectivity index (χ1v) is 6.83. The van der Waals surface area contributed by atoms with Crippen molar-refractivity contribution in [2.24, 2.45) is 0 Å². The second-order valence-corrected chi connectivity index (χ2v) is 5.20. The third-order valence-corrected chi connectivity index (χ3v) is 3.37. The molecule has 0 amide bonds. The topological polar surface area (TPSA) is 51.0 Å². The van der Waals surface area contributed by atoms with Crippen molar-refractivity contribution < 1.29 is 4.39 Å². The maximum absolute atomic E-state index is 13.1. The molecule has 22 heavy (non-hydrogen) atoms. The van der Waals surface area contributed by atoms with Crippen molar-refractivity contribution in [3.05, 3.63) is 64.3 Å². The van der Waals surface area contributed by atoms with Crippen molar-refractivity contribution in [1.29, 1.82) is 0 Å². The van der Waals surface area contributed by atoms with E-state index in [9.17, 15) is 9.18 Å². The van der Waals surface area contributed by atoms with E-state index in [0.29, 0.717) is 23.5 Å². The highest BCUT2D eigenvalue weighted by Gasteiger charge is 2.13. The lowest BCUT2D eigenvalue weighted by molar-refractivity contribution is 0.626. The number of hydrogen-bond donors (Lipinski definition) is 0. The van der Waals surface area contributed by atoms with E-state index in [1.54, 1.807) is 35.4 Å². The number of nitrogens with zero attached hydrogens (tertiary/aromatic N) is 4. The van der Waals surface area contributed by atoms with Crippen molar-refractivity contribution in [3.8, 4) is 0 Å². The van der Waals surface area contributed by atoms with Crippen LogP contribution in [-0.2, 0) is 6.54 Å². The lowest BCUT2D eigenvalue weighted by atomic mass is 10.2. The van der Waals surface area contributed by atoms with Gasteiger partial charge in [0.15, 0.2) is 0 Å². The molecule has 0 bridgehead atoms. The van der Waals surface area contributed by atoms with E-state index in [0.717, 1.165) is 5.56 Å². The smallest absolute Gasteiger partial charge is 0.283 e. The quantitative estimate of drug-likeness (QED) is 0.742. The lowest BCUT2D eigenvalue weighted by Crippen LogP contribution is -2.25. The highest BCUT2D eigenvalue weighted by Crippen LogP contribution is 2.16. The highest BCUT2D eigenvalue weighted by atomic mass is 19.1. The molecular weight excluding hydrogens is 283 g/mol. The zero-order valence-corrected chi connectivity index (χ0v) is 12.3. The fourth-order valence-electron chi connectivity index (χ4n) is 2.34. The molecule has 0 N–H and O–H groups in total. The van der Waals surface area contributed by atoms with E-state index in [-0.39, 0.29) is 11.4 Å². The zero-order chi connectivity index (χ0) is 15.7. The van der Waals surface area contributed by atoms with Crippen LogP contribution in [0.5, 0.6) is 0 Å². The summed E-state index contributed by atoms with van der Waals surface area (Å²) in [5.41, 5.74) is 1.17. The maximum atomic E-state index is 13.1. The van der Waals surface area contributed by atoms with Crippen molar-refractivity contribution in [3.63, 3.8) is 0 Å². The van der Waals surface area contributed by atoms with E-state index in [2.05, 4.69) is 9.97 Å². The van der Waals surface area contributed by atoms with Gasteiger partial charge >= 0.3 is 0 Å². The van der Waals surface area contributed by atoms with E-state index in [4.69, 9.17) is 0 Å². The molecule has 2 heterocycles. The van der Waals surface area contributed by atoms with Crippen molar-refractivity contribution in [2.75, 3.05) is 19.0 Å². The summed E-state index contributed by atoms with van der Waals surface area (Å²) in [6.45, 7) is 0.453. The normalized spacial score (nSPS) is 10.9. The fraction of sp³-hybridized carbons (Fsp3) is 0.188. The van der Waals surface area contributed by atoms with Gasteiger partial charge in [-0.3, -0.25) is 9.36 Å². The Bertz CT molecular complexity index is 871. The van der Waals surface area contributed by atoms with E-state index in [1.807, 2.05) is 18.7 Å². The third kappa shape index (κ3) is 2.55. The Labute approximate surface area is 126 Å². The number of anilines is 1. The van der Waals surface area contributed by atoms with Gasteiger partial charge in [0.25, 0.3) is 5.56 Å². The van der Waals surface area contributed by atoms with Crippen LogP contribution in [0.1, 0.15) is 5.56 Å². The summed E-state index contributed by atoms with van der Waals surface area (Å²) < 4.78 is 14.9. The lowest BCUT2D eigenvalue weighted by Gasteiger charge is -2.19. The number of pyridine rings is 1. The molecule has 0 saturated heterocycles. The molecule has 0 unspecified atom stereocenters. The number of hydrogen-bond acceptors (Lipinski definition) is 4. The number of benzene rings is 1. The van der Waals surface area contributed by atoms with Gasteiger partial charge in [0.2, 0.25) is 5.95 Å². The largest absolute Gasteiger partial charge is 0.348 e. The maximum Gasteiger partial charge on any atom is 0.283 e. The molecular formula is C16H15FN4O. The van der Waals surface area contributed by atoms with Crippen LogP contribution in [0.25, 0.3) is 11.0 Å². The number of halogens is 1. The summed E-state index contributed by atoms with van der Waals surface area (Å²) in [6.07, 6.45) is 1.64. The van der Waals surface area contributed by atoms with Crippen molar-refractivity contribution in [2.45, 2.75) is 6.54 Å². The van der Waals surface area contributed by atoms with Gasteiger partial charge in [-0.05, 0) is 29.8 Å². The van der Waals surface area contributed by atoms with Crippen LogP contribution in [-0.4, -0.2) is 28.6 Å². The number of rotatable bonds is 3. The molecule has 0 aliphatic carbocycles. The summed E-state index contributed by atoms with van der Waals surface area (Å²) in [7, 11) is 3.63. The number of aromatic nitrogens is 3. The fourth-order valence-corrected chi connectivity index (χ4v) is 2.34. The van der Waals surface area contributed by atoms with Crippen LogP contribution in [0.2, 0.25) is 0 Å². The molecule has 3 aromatic rings. The van der Waals surface area contributed by atoms with E-state index in [1.165, 1.54) is 12.1 Å². The minimum atomic E-state index is -0.304. The first-order chi connectivity index (χ1) is 10.6. The van der Waals surface area contributed by atoms with Gasteiger partial charge in [-0.1, -0.05) is 12.1 Å². The highest BCUT2D eigenvalue weighted by molar-refractivity contribution is 5.75. The van der Waals surface area contributed by atoms with Gasteiger partial charge in [0.1, 0.15) is 11.5 Å². The summed E-state index contributed by atoms with van der Waals surface area (Å²) in [6, 6.07) is 9.66. The Morgan fingerprint density at radius 2 is 1.91 bits per heavy atom. The predicted octanol–water partition coefficient (Wildman–Crippen LogP) is 2.04. The first kappa shape index (κ1) is 14.2. The Morgan fingerprint density at radius 1 is 1.18 bits per heavy atom. The molecule has 0 spiro atoms. The molecule has 0 fully saturated rings. The van der Waals surface area contributed by atoms with Gasteiger partial charge in [0, 0.05) is 20.3 Å². The van der Waals surface area contributed by atoms with Crippen LogP contribution >= 0.6 is 0 Å². The second-order valence-electron chi connectivity index (χ2n) is 5.20. The summed E-state index contributed by atoms with van der Waals surface area (Å²) >= 11 is 0. The molecule has 0 atom stereocenters. The third-order valence-electron chi connectivity index (χ3n) is 3.37. The molecule has 1 aromatic carbocycles. The van der Waals surface area contributed by atoms with E-state index >= 15 is 0 Å². The zero-order valence-electron chi connectivity index (χ0n) is 12.3. The van der Waals surface area contributed by atoms with Gasteiger partial charge < -0.3 is 4.90 Å². The Morgan fingerprint density at radius 3 is 2.59 bits per heavy atom. The van der Waals surface area contributed by atoms with Gasteiger partial charge in [-0.2, -0.15) is 4.98 Å². The summed E-state index contributed by atoms with van der Waals surface area (Å²) in [5.74, 6) is 0.234.